The van der Waals surface area contributed by atoms with Gasteiger partial charge in [-0.1, -0.05) is 12.1 Å². The number of nitrogens with one attached hydrogen (secondary N) is 1. The van der Waals surface area contributed by atoms with Gasteiger partial charge >= 0.3 is 0 Å². The van der Waals surface area contributed by atoms with Crippen molar-refractivity contribution in [1.29, 1.82) is 0 Å². The first-order valence-electron chi connectivity index (χ1n) is 7.00. The summed E-state index contributed by atoms with van der Waals surface area (Å²) in [5, 5.41) is 5.19. The molecule has 0 fully saturated rings. The van der Waals surface area contributed by atoms with Crippen LogP contribution in [0.4, 0.5) is 0 Å². The fourth-order valence-corrected chi connectivity index (χ4v) is 2.69. The van der Waals surface area contributed by atoms with Gasteiger partial charge < -0.3 is 20.5 Å². The molecule has 0 aliphatic rings. The zero-order valence-corrected chi connectivity index (χ0v) is 16.4. The van der Waals surface area contributed by atoms with Gasteiger partial charge in [0.05, 0.1) is 20.8 Å². The van der Waals surface area contributed by atoms with E-state index in [1.54, 1.807) is 25.6 Å². The molecule has 0 unspecified atom stereocenters. The Kier molecular flexibility index (Phi) is 8.78. The highest BCUT2D eigenvalue weighted by atomic mass is 127. The summed E-state index contributed by atoms with van der Waals surface area (Å²) >= 11 is 1.75. The molecule has 23 heavy (non-hydrogen) atoms. The number of nitrogens with two attached hydrogens (primary N) is 1. The van der Waals surface area contributed by atoms with Crippen molar-refractivity contribution in [3.05, 3.63) is 46.2 Å². The van der Waals surface area contributed by atoms with E-state index in [4.69, 9.17) is 15.2 Å². The van der Waals surface area contributed by atoms with Crippen LogP contribution < -0.4 is 20.5 Å². The summed E-state index contributed by atoms with van der Waals surface area (Å²) in [5.41, 5.74) is 6.89. The monoisotopic (exact) mass is 447 g/mol. The Bertz CT molecular complexity index is 618. The van der Waals surface area contributed by atoms with E-state index in [1.807, 2.05) is 18.2 Å². The summed E-state index contributed by atoms with van der Waals surface area (Å²) in [5.74, 6) is 1.85. The van der Waals surface area contributed by atoms with Crippen LogP contribution in [0.5, 0.6) is 11.5 Å². The number of ether oxygens (including phenoxy) is 2. The van der Waals surface area contributed by atoms with Crippen molar-refractivity contribution >= 4 is 41.3 Å². The van der Waals surface area contributed by atoms with Crippen LogP contribution in [0.1, 0.15) is 10.4 Å². The molecule has 2 aromatic rings. The van der Waals surface area contributed by atoms with Gasteiger partial charge in [-0.3, -0.25) is 0 Å². The highest BCUT2D eigenvalue weighted by molar-refractivity contribution is 14.0. The van der Waals surface area contributed by atoms with Gasteiger partial charge in [-0.2, -0.15) is 0 Å². The lowest BCUT2D eigenvalue weighted by molar-refractivity contribution is 0.354. The van der Waals surface area contributed by atoms with Crippen molar-refractivity contribution in [1.82, 2.24) is 5.32 Å². The lowest BCUT2D eigenvalue weighted by Crippen LogP contribution is -2.33. The number of methoxy groups -OCH3 is 2. The van der Waals surface area contributed by atoms with Gasteiger partial charge in [-0.15, -0.1) is 35.3 Å². The summed E-state index contributed by atoms with van der Waals surface area (Å²) in [6.45, 7) is 1.28. The van der Waals surface area contributed by atoms with Crippen molar-refractivity contribution in [2.24, 2.45) is 10.7 Å². The van der Waals surface area contributed by atoms with E-state index in [9.17, 15) is 0 Å². The predicted octanol–water partition coefficient (Wildman–Crippen LogP) is 3.03. The Morgan fingerprint density at radius 1 is 1.22 bits per heavy atom. The molecule has 0 saturated heterocycles. The van der Waals surface area contributed by atoms with E-state index < -0.39 is 0 Å². The van der Waals surface area contributed by atoms with Gasteiger partial charge in [0.2, 0.25) is 0 Å². The Hall–Kier alpha value is -1.48. The van der Waals surface area contributed by atoms with Crippen LogP contribution in [0.3, 0.4) is 0 Å². The minimum atomic E-state index is 0. The average Bonchev–Trinajstić information content (AvgIpc) is 3.06. The van der Waals surface area contributed by atoms with Crippen LogP contribution in [-0.4, -0.2) is 26.7 Å². The van der Waals surface area contributed by atoms with Gasteiger partial charge in [0.25, 0.3) is 0 Å². The average molecular weight is 447 g/mol. The Morgan fingerprint density at radius 3 is 2.65 bits per heavy atom. The Labute approximate surface area is 157 Å². The fraction of sp³-hybridized carbons (Fsp3) is 0.312. The minimum absolute atomic E-state index is 0. The maximum absolute atomic E-state index is 5.87. The summed E-state index contributed by atoms with van der Waals surface area (Å²) in [4.78, 5) is 5.67. The van der Waals surface area contributed by atoms with Gasteiger partial charge in [0.1, 0.15) is 0 Å². The van der Waals surface area contributed by atoms with E-state index in [0.717, 1.165) is 18.5 Å². The molecule has 1 aromatic carbocycles. The van der Waals surface area contributed by atoms with E-state index >= 15 is 0 Å². The second kappa shape index (κ2) is 10.3. The number of hydrogen-bond donors (Lipinski definition) is 2. The number of thiophene rings is 1. The summed E-state index contributed by atoms with van der Waals surface area (Å²) in [7, 11) is 3.23. The number of halogens is 1. The molecule has 2 rings (SSSR count). The van der Waals surface area contributed by atoms with E-state index in [-0.39, 0.29) is 24.0 Å². The van der Waals surface area contributed by atoms with Gasteiger partial charge in [-0.05, 0) is 35.6 Å². The number of rotatable bonds is 7. The van der Waals surface area contributed by atoms with Crippen LogP contribution in [0.15, 0.2) is 40.7 Å². The molecule has 1 heterocycles. The molecular weight excluding hydrogens is 425 g/mol. The van der Waals surface area contributed by atoms with Crippen LogP contribution >= 0.6 is 35.3 Å². The van der Waals surface area contributed by atoms with Gasteiger partial charge in [0.15, 0.2) is 17.5 Å². The fourth-order valence-electron chi connectivity index (χ4n) is 1.98. The van der Waals surface area contributed by atoms with E-state index in [2.05, 4.69) is 27.8 Å². The van der Waals surface area contributed by atoms with Crippen LogP contribution in [0.25, 0.3) is 0 Å². The highest BCUT2D eigenvalue weighted by Gasteiger charge is 2.04. The van der Waals surface area contributed by atoms with Crippen molar-refractivity contribution in [2.45, 2.75) is 13.0 Å². The van der Waals surface area contributed by atoms with Gasteiger partial charge in [-0.25, -0.2) is 4.99 Å². The topological polar surface area (TPSA) is 68.9 Å². The number of aliphatic imine (C=N–C) groups is 1. The molecule has 1 aromatic heterocycles. The quantitative estimate of drug-likeness (QED) is 0.389. The summed E-state index contributed by atoms with van der Waals surface area (Å²) < 4.78 is 10.5. The smallest absolute Gasteiger partial charge is 0.188 e. The molecular formula is C16H22IN3O2S. The number of benzene rings is 1. The predicted molar refractivity (Wildman–Crippen MR) is 106 cm³/mol. The standard InChI is InChI=1S/C16H21N3O2S.HI/c1-20-14-6-5-12(10-15(14)21-2)11-19-16(17)18-8-7-13-4-3-9-22-13;/h3-6,9-10H,7-8,11H2,1-2H3,(H3,17,18,19);1H. The van der Waals surface area contributed by atoms with E-state index in [1.165, 1.54) is 4.88 Å². The van der Waals surface area contributed by atoms with Crippen molar-refractivity contribution in [2.75, 3.05) is 20.8 Å². The molecule has 0 aliphatic carbocycles. The molecule has 5 nitrogen and oxygen atoms in total. The first kappa shape index (κ1) is 19.6. The molecule has 0 spiro atoms. The second-order valence-corrected chi connectivity index (χ2v) is 5.68. The number of nitrogens with zero attached hydrogens (tertiary/aromatic N) is 1. The van der Waals surface area contributed by atoms with Crippen LogP contribution in [0.2, 0.25) is 0 Å². The second-order valence-electron chi connectivity index (χ2n) is 4.65. The lowest BCUT2D eigenvalue weighted by Gasteiger charge is -2.09. The first-order valence-corrected chi connectivity index (χ1v) is 7.88. The minimum Gasteiger partial charge on any atom is -0.493 e. The summed E-state index contributed by atoms with van der Waals surface area (Å²) in [6, 6.07) is 9.88. The highest BCUT2D eigenvalue weighted by Crippen LogP contribution is 2.27. The van der Waals surface area contributed by atoms with E-state index in [0.29, 0.717) is 24.0 Å². The zero-order chi connectivity index (χ0) is 15.8. The molecule has 0 atom stereocenters. The first-order chi connectivity index (χ1) is 10.7. The largest absolute Gasteiger partial charge is 0.493 e. The van der Waals surface area contributed by atoms with Crippen molar-refractivity contribution in [3.8, 4) is 11.5 Å². The van der Waals surface area contributed by atoms with Crippen LogP contribution in [0, 0.1) is 0 Å². The molecule has 0 aliphatic heterocycles. The van der Waals surface area contributed by atoms with Gasteiger partial charge in [0, 0.05) is 11.4 Å². The maximum atomic E-state index is 5.87. The number of hydrogen-bond acceptors (Lipinski definition) is 4. The summed E-state index contributed by atoms with van der Waals surface area (Å²) in [6.07, 6.45) is 0.949. The molecule has 7 heteroatoms. The molecule has 0 radical (unpaired) electrons. The molecule has 0 saturated carbocycles. The third kappa shape index (κ3) is 6.26. The van der Waals surface area contributed by atoms with Crippen molar-refractivity contribution in [3.63, 3.8) is 0 Å². The van der Waals surface area contributed by atoms with Crippen LogP contribution in [-0.2, 0) is 13.0 Å². The third-order valence-electron chi connectivity index (χ3n) is 3.14. The number of guanidine groups is 1. The molecule has 0 amide bonds. The molecule has 0 bridgehead atoms. The Morgan fingerprint density at radius 2 is 2.00 bits per heavy atom. The lowest BCUT2D eigenvalue weighted by atomic mass is 10.2. The SMILES string of the molecule is COc1ccc(CN=C(N)NCCc2cccs2)cc1OC.I. The molecule has 3 N–H and O–H groups in total. The molecule has 126 valence electrons. The maximum Gasteiger partial charge on any atom is 0.188 e. The van der Waals surface area contributed by atoms with Crippen molar-refractivity contribution < 1.29 is 9.47 Å². The third-order valence-corrected chi connectivity index (χ3v) is 4.07. The normalized spacial score (nSPS) is 10.8. The Balaban J connectivity index is 0.00000264. The zero-order valence-electron chi connectivity index (χ0n) is 13.2.